The summed E-state index contributed by atoms with van der Waals surface area (Å²) in [6, 6.07) is 8.68. The Morgan fingerprint density at radius 1 is 1.14 bits per heavy atom. The van der Waals surface area contributed by atoms with Gasteiger partial charge in [-0.2, -0.15) is 5.26 Å². The van der Waals surface area contributed by atoms with Crippen LogP contribution in [0.25, 0.3) is 0 Å². The summed E-state index contributed by atoms with van der Waals surface area (Å²) in [6.07, 6.45) is 7.03. The predicted molar refractivity (Wildman–Crippen MR) is 85.1 cm³/mol. The monoisotopic (exact) mass is 297 g/mol. The lowest BCUT2D eigenvalue weighted by atomic mass is 9.94. The Bertz CT molecular complexity index is 621. The minimum atomic E-state index is -0.365. The van der Waals surface area contributed by atoms with Crippen LogP contribution in [0.3, 0.4) is 0 Å². The molecule has 1 aliphatic carbocycles. The van der Waals surface area contributed by atoms with Crippen molar-refractivity contribution in [3.8, 4) is 6.07 Å². The highest BCUT2D eigenvalue weighted by Crippen LogP contribution is 2.23. The molecule has 1 aromatic carbocycles. The summed E-state index contributed by atoms with van der Waals surface area (Å²) in [7, 11) is 0. The Morgan fingerprint density at radius 3 is 2.50 bits per heavy atom. The number of allylic oxidation sites excluding steroid dienone is 1. The summed E-state index contributed by atoms with van der Waals surface area (Å²) in [6.45, 7) is 0. The highest BCUT2D eigenvalue weighted by atomic mass is 16.2. The lowest BCUT2D eigenvalue weighted by Gasteiger charge is -2.13. The number of hydrogen-bond donors (Lipinski definition) is 2. The van der Waals surface area contributed by atoms with Gasteiger partial charge in [0, 0.05) is 17.5 Å². The summed E-state index contributed by atoms with van der Waals surface area (Å²) in [5, 5.41) is 13.9. The third-order valence-electron chi connectivity index (χ3n) is 3.48. The highest BCUT2D eigenvalue weighted by Gasteiger charge is 2.08. The molecule has 0 spiro atoms. The molecule has 1 fully saturated rings. The number of nitrogens with zero attached hydrogens (tertiary/aromatic N) is 1. The molecule has 1 aromatic rings. The molecule has 5 heteroatoms. The standard InChI is InChI=1S/C17H19N3O2/c18-10-9-16(21)19-14-7-4-8-15(12-14)20-17(22)11-13-5-2-1-3-6-13/h4,7-8,11-12H,1-3,5-6,9H2,(H,19,21)(H,20,22). The number of amides is 2. The third kappa shape index (κ3) is 5.06. The van der Waals surface area contributed by atoms with Gasteiger partial charge >= 0.3 is 0 Å². The Hall–Kier alpha value is -2.61. The molecule has 0 atom stereocenters. The van der Waals surface area contributed by atoms with Crippen LogP contribution >= 0.6 is 0 Å². The fraction of sp³-hybridized carbons (Fsp3) is 0.353. The van der Waals surface area contributed by atoms with Crippen molar-refractivity contribution < 1.29 is 9.59 Å². The topological polar surface area (TPSA) is 82.0 Å². The molecule has 22 heavy (non-hydrogen) atoms. The van der Waals surface area contributed by atoms with Gasteiger partial charge in [-0.3, -0.25) is 9.59 Å². The van der Waals surface area contributed by atoms with E-state index in [0.29, 0.717) is 11.4 Å². The van der Waals surface area contributed by atoms with E-state index in [0.717, 1.165) is 25.7 Å². The SMILES string of the molecule is N#CCC(=O)Nc1cccc(NC(=O)C=C2CCCCC2)c1. The molecule has 2 rings (SSSR count). The molecule has 0 heterocycles. The van der Waals surface area contributed by atoms with Crippen LogP contribution in [0.5, 0.6) is 0 Å². The van der Waals surface area contributed by atoms with Gasteiger partial charge in [-0.15, -0.1) is 0 Å². The maximum atomic E-state index is 12.0. The van der Waals surface area contributed by atoms with E-state index in [9.17, 15) is 9.59 Å². The first-order valence-electron chi connectivity index (χ1n) is 7.44. The smallest absolute Gasteiger partial charge is 0.248 e. The van der Waals surface area contributed by atoms with Crippen LogP contribution < -0.4 is 10.6 Å². The van der Waals surface area contributed by atoms with Gasteiger partial charge in [-0.1, -0.05) is 18.1 Å². The Balaban J connectivity index is 1.96. The summed E-state index contributed by atoms with van der Waals surface area (Å²) in [5.74, 6) is -0.507. The Morgan fingerprint density at radius 2 is 1.82 bits per heavy atom. The van der Waals surface area contributed by atoms with Crippen LogP contribution in [-0.2, 0) is 9.59 Å². The van der Waals surface area contributed by atoms with Gasteiger partial charge < -0.3 is 10.6 Å². The van der Waals surface area contributed by atoms with Crippen LogP contribution in [-0.4, -0.2) is 11.8 Å². The van der Waals surface area contributed by atoms with Crippen LogP contribution in [0.4, 0.5) is 11.4 Å². The van der Waals surface area contributed by atoms with Crippen molar-refractivity contribution in [2.45, 2.75) is 38.5 Å². The summed E-state index contributed by atoms with van der Waals surface area (Å²) in [4.78, 5) is 23.4. The molecule has 0 aromatic heterocycles. The summed E-state index contributed by atoms with van der Waals surface area (Å²) in [5.41, 5.74) is 2.37. The van der Waals surface area contributed by atoms with Crippen molar-refractivity contribution >= 4 is 23.2 Å². The average Bonchev–Trinajstić information content (AvgIpc) is 2.48. The lowest BCUT2D eigenvalue weighted by molar-refractivity contribution is -0.115. The van der Waals surface area contributed by atoms with Gasteiger partial charge in [0.1, 0.15) is 6.42 Å². The molecule has 0 aliphatic heterocycles. The van der Waals surface area contributed by atoms with Crippen molar-refractivity contribution in [1.82, 2.24) is 0 Å². The third-order valence-corrected chi connectivity index (χ3v) is 3.48. The molecule has 0 bridgehead atoms. The molecule has 0 unspecified atom stereocenters. The van der Waals surface area contributed by atoms with Crippen molar-refractivity contribution in [3.05, 3.63) is 35.9 Å². The summed E-state index contributed by atoms with van der Waals surface area (Å²) < 4.78 is 0. The van der Waals surface area contributed by atoms with Crippen LogP contribution in [0, 0.1) is 11.3 Å². The van der Waals surface area contributed by atoms with Gasteiger partial charge in [0.15, 0.2) is 0 Å². The quantitative estimate of drug-likeness (QED) is 0.836. The Labute approximate surface area is 130 Å². The second kappa shape index (κ2) is 7.99. The Kier molecular flexibility index (Phi) is 5.73. The van der Waals surface area contributed by atoms with Crippen molar-refractivity contribution in [2.24, 2.45) is 0 Å². The number of carbonyl (C=O) groups is 2. The largest absolute Gasteiger partial charge is 0.325 e. The molecule has 2 N–H and O–H groups in total. The zero-order chi connectivity index (χ0) is 15.8. The number of anilines is 2. The average molecular weight is 297 g/mol. The number of nitriles is 1. The van der Waals surface area contributed by atoms with E-state index in [1.54, 1.807) is 36.4 Å². The molecule has 0 radical (unpaired) electrons. The van der Waals surface area contributed by atoms with Crippen molar-refractivity contribution in [2.75, 3.05) is 10.6 Å². The molecular formula is C17H19N3O2. The van der Waals surface area contributed by atoms with Crippen molar-refractivity contribution in [3.63, 3.8) is 0 Å². The number of benzene rings is 1. The summed E-state index contributed by atoms with van der Waals surface area (Å²) >= 11 is 0. The maximum absolute atomic E-state index is 12.0. The number of rotatable bonds is 4. The molecule has 114 valence electrons. The fourth-order valence-electron chi connectivity index (χ4n) is 2.47. The molecule has 2 amide bonds. The van der Waals surface area contributed by atoms with Crippen LogP contribution in [0.1, 0.15) is 38.5 Å². The molecule has 0 saturated heterocycles. The molecular weight excluding hydrogens is 278 g/mol. The zero-order valence-corrected chi connectivity index (χ0v) is 12.4. The fourth-order valence-corrected chi connectivity index (χ4v) is 2.47. The lowest BCUT2D eigenvalue weighted by Crippen LogP contribution is -2.12. The van der Waals surface area contributed by atoms with E-state index in [2.05, 4.69) is 10.6 Å². The van der Waals surface area contributed by atoms with Crippen LogP contribution in [0.15, 0.2) is 35.9 Å². The minimum Gasteiger partial charge on any atom is -0.325 e. The predicted octanol–water partition coefficient (Wildman–Crippen LogP) is 3.37. The minimum absolute atomic E-state index is 0.141. The second-order valence-corrected chi connectivity index (χ2v) is 5.32. The van der Waals surface area contributed by atoms with E-state index in [4.69, 9.17) is 5.26 Å². The van der Waals surface area contributed by atoms with Gasteiger partial charge in [-0.05, 0) is 43.9 Å². The van der Waals surface area contributed by atoms with Gasteiger partial charge in [0.2, 0.25) is 11.8 Å². The number of hydrogen-bond acceptors (Lipinski definition) is 3. The van der Waals surface area contributed by atoms with E-state index in [-0.39, 0.29) is 18.2 Å². The maximum Gasteiger partial charge on any atom is 0.248 e. The van der Waals surface area contributed by atoms with E-state index in [1.807, 2.05) is 0 Å². The van der Waals surface area contributed by atoms with Gasteiger partial charge in [0.25, 0.3) is 0 Å². The normalized spacial score (nSPS) is 13.9. The first-order valence-corrected chi connectivity index (χ1v) is 7.44. The number of carbonyl (C=O) groups excluding carboxylic acids is 2. The van der Waals surface area contributed by atoms with E-state index in [1.165, 1.54) is 12.0 Å². The first-order chi connectivity index (χ1) is 10.7. The zero-order valence-electron chi connectivity index (χ0n) is 12.4. The van der Waals surface area contributed by atoms with E-state index >= 15 is 0 Å². The highest BCUT2D eigenvalue weighted by molar-refractivity contribution is 6.00. The number of nitrogens with one attached hydrogen (secondary N) is 2. The molecule has 1 saturated carbocycles. The molecule has 1 aliphatic rings. The molecule has 5 nitrogen and oxygen atoms in total. The van der Waals surface area contributed by atoms with Crippen molar-refractivity contribution in [1.29, 1.82) is 5.26 Å². The first kappa shape index (κ1) is 15.8. The van der Waals surface area contributed by atoms with Gasteiger partial charge in [0.05, 0.1) is 6.07 Å². The van der Waals surface area contributed by atoms with Crippen LogP contribution in [0.2, 0.25) is 0 Å². The second-order valence-electron chi connectivity index (χ2n) is 5.32. The van der Waals surface area contributed by atoms with E-state index < -0.39 is 0 Å². The van der Waals surface area contributed by atoms with Gasteiger partial charge in [-0.25, -0.2) is 0 Å².